The van der Waals surface area contributed by atoms with Gasteiger partial charge in [-0.25, -0.2) is 0 Å². The molecule has 3 aliphatic heterocycles. The number of carbonyl (C=O) groups excluding carboxylic acids is 2. The Morgan fingerprint density at radius 1 is 0.983 bits per heavy atom. The molecule has 0 aromatic heterocycles. The molecule has 1 saturated heterocycles. The molecule has 1 amide bonds. The van der Waals surface area contributed by atoms with E-state index in [1.165, 1.54) is 0 Å². The molecule has 0 saturated carbocycles. The van der Waals surface area contributed by atoms with Gasteiger partial charge in [0.1, 0.15) is 22.5 Å². The summed E-state index contributed by atoms with van der Waals surface area (Å²) in [5.41, 5.74) is -0.0512. The summed E-state index contributed by atoms with van der Waals surface area (Å²) in [7, 11) is 0. The Morgan fingerprint density at radius 3 is 2.27 bits per heavy atom. The van der Waals surface area contributed by atoms with E-state index in [0.717, 1.165) is 19.6 Å². The third kappa shape index (κ3) is 10.3. The maximum absolute atomic E-state index is 14.6. The van der Waals surface area contributed by atoms with Crippen LogP contribution in [0, 0.1) is 36.5 Å². The Morgan fingerprint density at radius 2 is 1.64 bits per heavy atom. The van der Waals surface area contributed by atoms with Crippen molar-refractivity contribution in [3.05, 3.63) is 57.8 Å². The van der Waals surface area contributed by atoms with Crippen LogP contribution in [-0.2, 0) is 9.53 Å². The second kappa shape index (κ2) is 18.7. The Kier molecular flexibility index (Phi) is 14.5. The van der Waals surface area contributed by atoms with Crippen LogP contribution < -0.4 is 20.8 Å². The number of rotatable bonds is 6. The van der Waals surface area contributed by atoms with Crippen LogP contribution in [0.4, 0.5) is 5.69 Å². The summed E-state index contributed by atoms with van der Waals surface area (Å²) < 4.78 is 12.3. The number of benzene rings is 2. The molecule has 5 N–H and O–H groups in total. The SMILES string of the molecule is CCOc1c(C)c(O)c2c(O)c3c4c(c2c1C(=O)C/C=C/C[C@@H](C)[C@@H](O)[C@H](C)[C@H](OC(C)(C)O)[C@H](C)C[C@@H](C)/C=C/C=C(/C)C(=O)N3)=NC1(CCN(CC(C)C)CC1)N=4. The van der Waals surface area contributed by atoms with Crippen LogP contribution >= 0.6 is 0 Å². The summed E-state index contributed by atoms with van der Waals surface area (Å²) in [6.07, 6.45) is 10.3. The number of anilines is 1. The molecule has 6 atom stereocenters. The fourth-order valence-corrected chi connectivity index (χ4v) is 8.99. The lowest BCUT2D eigenvalue weighted by Gasteiger charge is -2.38. The normalized spacial score (nSPS) is 28.2. The monoisotopic (exact) mass is 817 g/mol. The van der Waals surface area contributed by atoms with Gasteiger partial charge in [-0.1, -0.05) is 71.9 Å². The third-order valence-electron chi connectivity index (χ3n) is 12.0. The average Bonchev–Trinajstić information content (AvgIpc) is 3.53. The molecule has 1 fully saturated rings. The van der Waals surface area contributed by atoms with E-state index in [4.69, 9.17) is 19.5 Å². The van der Waals surface area contributed by atoms with Crippen molar-refractivity contribution < 1.29 is 39.5 Å². The number of amides is 1. The summed E-state index contributed by atoms with van der Waals surface area (Å²) in [4.78, 5) is 41.3. The number of aliphatic hydroxyl groups is 2. The highest BCUT2D eigenvalue weighted by Crippen LogP contribution is 2.45. The van der Waals surface area contributed by atoms with E-state index in [-0.39, 0.29) is 86.9 Å². The van der Waals surface area contributed by atoms with Gasteiger partial charge in [-0.3, -0.25) is 19.6 Å². The Bertz CT molecular complexity index is 2110. The van der Waals surface area contributed by atoms with E-state index in [2.05, 4.69) is 37.9 Å². The molecule has 0 aliphatic carbocycles. The van der Waals surface area contributed by atoms with E-state index in [1.54, 1.807) is 46.8 Å². The zero-order valence-electron chi connectivity index (χ0n) is 37.1. The van der Waals surface area contributed by atoms with Gasteiger partial charge in [0.05, 0.1) is 35.1 Å². The molecule has 1 spiro atoms. The van der Waals surface area contributed by atoms with Crippen molar-refractivity contribution in [1.29, 1.82) is 0 Å². The molecule has 5 rings (SSSR count). The van der Waals surface area contributed by atoms with Crippen molar-refractivity contribution in [3.8, 4) is 17.2 Å². The molecular weight excluding hydrogens is 749 g/mol. The van der Waals surface area contributed by atoms with Gasteiger partial charge in [0.15, 0.2) is 23.0 Å². The van der Waals surface area contributed by atoms with Gasteiger partial charge >= 0.3 is 0 Å². The first kappa shape index (κ1) is 46.0. The van der Waals surface area contributed by atoms with Crippen molar-refractivity contribution >= 4 is 28.2 Å². The first-order valence-corrected chi connectivity index (χ1v) is 21.5. The number of hydrogen-bond donors (Lipinski definition) is 5. The minimum Gasteiger partial charge on any atom is -0.507 e. The highest BCUT2D eigenvalue weighted by Gasteiger charge is 2.40. The zero-order chi connectivity index (χ0) is 43.6. The van der Waals surface area contributed by atoms with Crippen LogP contribution in [0.25, 0.3) is 10.8 Å². The van der Waals surface area contributed by atoms with Crippen molar-refractivity contribution in [2.45, 2.75) is 132 Å². The molecule has 59 heavy (non-hydrogen) atoms. The van der Waals surface area contributed by atoms with Gasteiger partial charge in [0.2, 0.25) is 0 Å². The molecule has 12 heteroatoms. The number of Topliss-reactive ketones (excluding diaryl/α,β-unsaturated/α-hetero) is 1. The third-order valence-corrected chi connectivity index (χ3v) is 12.0. The second-order valence-corrected chi connectivity index (χ2v) is 18.3. The number of nitrogens with zero attached hydrogens (tertiary/aromatic N) is 3. The first-order chi connectivity index (χ1) is 27.7. The summed E-state index contributed by atoms with van der Waals surface area (Å²) in [6.45, 7) is 23.3. The molecule has 2 aromatic rings. The Labute approximate surface area is 349 Å². The lowest BCUT2D eigenvalue weighted by molar-refractivity contribution is -0.235. The van der Waals surface area contributed by atoms with Crippen LogP contribution in [0.3, 0.4) is 0 Å². The fourth-order valence-electron chi connectivity index (χ4n) is 8.99. The number of phenols is 2. The number of likely N-dealkylation sites (tertiary alicyclic amines) is 1. The maximum atomic E-state index is 14.6. The molecule has 3 aliphatic rings. The van der Waals surface area contributed by atoms with Gasteiger partial charge in [0.25, 0.3) is 5.91 Å². The first-order valence-electron chi connectivity index (χ1n) is 21.5. The minimum atomic E-state index is -1.41. The number of piperidine rings is 1. The van der Waals surface area contributed by atoms with E-state index in [1.807, 2.05) is 32.1 Å². The quantitative estimate of drug-likeness (QED) is 0.116. The minimum absolute atomic E-state index is 0.00277. The number of aromatic hydroxyl groups is 2. The Hall–Kier alpha value is -4.10. The number of nitrogens with one attached hydrogen (secondary N) is 1. The van der Waals surface area contributed by atoms with E-state index < -0.39 is 35.3 Å². The Balaban J connectivity index is 1.71. The lowest BCUT2D eigenvalue weighted by atomic mass is 9.80. The molecule has 0 unspecified atom stereocenters. The predicted molar refractivity (Wildman–Crippen MR) is 231 cm³/mol. The van der Waals surface area contributed by atoms with E-state index in [9.17, 15) is 30.0 Å². The number of ether oxygens (including phenoxy) is 2. The van der Waals surface area contributed by atoms with Crippen molar-refractivity contribution in [2.24, 2.45) is 39.6 Å². The second-order valence-electron chi connectivity index (χ2n) is 18.3. The van der Waals surface area contributed by atoms with Crippen molar-refractivity contribution in [1.82, 2.24) is 4.90 Å². The van der Waals surface area contributed by atoms with E-state index in [0.29, 0.717) is 42.5 Å². The molecule has 324 valence electrons. The fraction of sp³-hybridized carbons (Fsp3) is 0.617. The van der Waals surface area contributed by atoms with Crippen molar-refractivity contribution in [3.63, 3.8) is 0 Å². The summed E-state index contributed by atoms with van der Waals surface area (Å²) in [5.74, 6) is -2.71. The topological polar surface area (TPSA) is 174 Å². The molecular formula is C47H68N4O8. The largest absolute Gasteiger partial charge is 0.507 e. The standard InChI is InChI=1S/C47H68N4O8/c1-12-58-44-32(9)41(54)36-35-34(44)33(52)19-14-13-17-28(5)40(53)31(8)43(59-46(10,11)57)30(7)24-27(4)16-15-18-29(6)45(56)48-39(42(36)55)38-37(35)49-47(50-38)20-22-51(23-21-47)25-26(2)3/h13-16,18,26-28,30-31,40,43,53-55,57H,12,17,19-25H2,1-11H3,(H,48,56)/b14-13+,16-15+,29-18-/t27-,28+,30+,31-,40+,43+/m0/s1. The smallest absolute Gasteiger partial charge is 0.251 e. The van der Waals surface area contributed by atoms with Crippen LogP contribution in [0.5, 0.6) is 17.2 Å². The number of carbonyl (C=O) groups is 2. The van der Waals surface area contributed by atoms with Crippen LogP contribution in [0.15, 0.2) is 45.9 Å². The number of allylic oxidation sites excluding steroid dienone is 5. The molecule has 3 heterocycles. The van der Waals surface area contributed by atoms with Crippen LogP contribution in [0.1, 0.15) is 117 Å². The summed E-state index contributed by atoms with van der Waals surface area (Å²) in [6, 6.07) is 0. The molecule has 2 bridgehead atoms. The van der Waals surface area contributed by atoms with Gasteiger partial charge in [-0.05, 0) is 71.1 Å². The number of hydrogen-bond acceptors (Lipinski definition) is 11. The average molecular weight is 817 g/mol. The highest BCUT2D eigenvalue weighted by molar-refractivity contribution is 6.16. The van der Waals surface area contributed by atoms with Crippen molar-refractivity contribution in [2.75, 3.05) is 31.6 Å². The van der Waals surface area contributed by atoms with Gasteiger partial charge in [-0.2, -0.15) is 0 Å². The summed E-state index contributed by atoms with van der Waals surface area (Å²) in [5, 5.41) is 50.0. The van der Waals surface area contributed by atoms with Gasteiger partial charge in [0, 0.05) is 61.3 Å². The lowest BCUT2D eigenvalue weighted by Crippen LogP contribution is -2.44. The van der Waals surface area contributed by atoms with E-state index >= 15 is 0 Å². The molecule has 2 aromatic carbocycles. The maximum Gasteiger partial charge on any atom is 0.251 e. The molecule has 0 radical (unpaired) electrons. The molecule has 12 nitrogen and oxygen atoms in total. The number of phenolic OH excluding ortho intramolecular Hbond substituents is 2. The highest BCUT2D eigenvalue weighted by atomic mass is 16.6. The number of ketones is 1. The summed E-state index contributed by atoms with van der Waals surface area (Å²) >= 11 is 0. The van der Waals surface area contributed by atoms with Crippen LogP contribution in [0.2, 0.25) is 0 Å². The van der Waals surface area contributed by atoms with Gasteiger partial charge in [-0.15, -0.1) is 0 Å². The predicted octanol–water partition coefficient (Wildman–Crippen LogP) is 7.04. The number of aliphatic hydroxyl groups excluding tert-OH is 1. The van der Waals surface area contributed by atoms with Gasteiger partial charge < -0.3 is 40.1 Å². The zero-order valence-corrected chi connectivity index (χ0v) is 37.1. The van der Waals surface area contributed by atoms with Crippen LogP contribution in [-0.4, -0.2) is 86.9 Å².